The molecule has 0 bridgehead atoms. The summed E-state index contributed by atoms with van der Waals surface area (Å²) < 4.78 is 15.6. The molecule has 0 heterocycles. The van der Waals surface area contributed by atoms with Crippen LogP contribution in [0.25, 0.3) is 0 Å². The van der Waals surface area contributed by atoms with Crippen LogP contribution in [0.4, 0.5) is 0 Å². The van der Waals surface area contributed by atoms with Gasteiger partial charge in [-0.05, 0) is 28.1 Å². The summed E-state index contributed by atoms with van der Waals surface area (Å²) in [6, 6.07) is 7.02. The van der Waals surface area contributed by atoms with Gasteiger partial charge in [0.15, 0.2) is 5.75 Å². The summed E-state index contributed by atoms with van der Waals surface area (Å²) in [5, 5.41) is 8.98. The molecule has 0 aromatic heterocycles. The first-order valence-electron chi connectivity index (χ1n) is 5.06. The lowest BCUT2D eigenvalue weighted by molar-refractivity contribution is -0.151. The number of halogens is 1. The van der Waals surface area contributed by atoms with Gasteiger partial charge >= 0.3 is 5.97 Å². The van der Waals surface area contributed by atoms with Gasteiger partial charge in [-0.1, -0.05) is 6.07 Å². The van der Waals surface area contributed by atoms with Crippen molar-refractivity contribution in [2.24, 2.45) is 0 Å². The normalized spacial score (nSPS) is 11.4. The van der Waals surface area contributed by atoms with Gasteiger partial charge in [0.1, 0.15) is 6.07 Å². The Morgan fingerprint density at radius 3 is 2.78 bits per heavy atom. The van der Waals surface area contributed by atoms with Crippen LogP contribution in [0.15, 0.2) is 22.7 Å². The van der Waals surface area contributed by atoms with E-state index in [2.05, 4.69) is 20.7 Å². The monoisotopic (exact) mass is 313 g/mol. The lowest BCUT2D eigenvalue weighted by Crippen LogP contribution is -2.33. The third-order valence-electron chi connectivity index (χ3n) is 2.13. The van der Waals surface area contributed by atoms with E-state index in [-0.39, 0.29) is 6.61 Å². The topological polar surface area (TPSA) is 68.5 Å². The fourth-order valence-corrected chi connectivity index (χ4v) is 1.75. The van der Waals surface area contributed by atoms with Crippen LogP contribution in [0.1, 0.15) is 5.56 Å². The van der Waals surface area contributed by atoms with Gasteiger partial charge in [-0.15, -0.1) is 0 Å². The number of nitriles is 1. The van der Waals surface area contributed by atoms with Crippen LogP contribution in [-0.4, -0.2) is 32.9 Å². The molecule has 1 aromatic carbocycles. The fraction of sp³-hybridized carbons (Fsp3) is 0.333. The highest BCUT2D eigenvalue weighted by Gasteiger charge is 2.23. The Kier molecular flexibility index (Phi) is 5.62. The van der Waals surface area contributed by atoms with Crippen LogP contribution in [0.3, 0.4) is 0 Å². The first-order chi connectivity index (χ1) is 8.63. The van der Waals surface area contributed by atoms with Crippen molar-refractivity contribution in [3.8, 4) is 11.8 Å². The summed E-state index contributed by atoms with van der Waals surface area (Å²) in [5.41, 5.74) is 0.328. The first-order valence-corrected chi connectivity index (χ1v) is 5.85. The SMILES string of the molecule is COCC(Oc1c(Br)cccc1C#N)C(=O)OC. The number of carbonyl (C=O) groups excluding carboxylic acids is 1. The maximum Gasteiger partial charge on any atom is 0.349 e. The molecule has 0 radical (unpaired) electrons. The standard InChI is InChI=1S/C12H12BrNO4/c1-16-7-10(12(15)17-2)18-11-8(6-14)4-3-5-9(11)13/h3-5,10H,7H2,1-2H3. The number of rotatable bonds is 5. The number of nitrogens with zero attached hydrogens (tertiary/aromatic N) is 1. The number of methoxy groups -OCH3 is 2. The number of hydrogen-bond donors (Lipinski definition) is 0. The van der Waals surface area contributed by atoms with E-state index in [1.165, 1.54) is 14.2 Å². The summed E-state index contributed by atoms with van der Waals surface area (Å²) in [6.07, 6.45) is -0.911. The minimum absolute atomic E-state index is 0.0406. The molecule has 0 aliphatic heterocycles. The highest BCUT2D eigenvalue weighted by molar-refractivity contribution is 9.10. The maximum absolute atomic E-state index is 11.5. The maximum atomic E-state index is 11.5. The van der Waals surface area contributed by atoms with E-state index in [0.29, 0.717) is 15.8 Å². The largest absolute Gasteiger partial charge is 0.474 e. The molecule has 5 nitrogen and oxygen atoms in total. The van der Waals surface area contributed by atoms with Crippen molar-refractivity contribution in [2.45, 2.75) is 6.10 Å². The Morgan fingerprint density at radius 1 is 1.50 bits per heavy atom. The molecule has 1 unspecified atom stereocenters. The number of para-hydroxylation sites is 1. The van der Waals surface area contributed by atoms with Gasteiger partial charge in [-0.25, -0.2) is 4.79 Å². The van der Waals surface area contributed by atoms with Gasteiger partial charge in [-0.2, -0.15) is 5.26 Å². The molecule has 6 heteroatoms. The highest BCUT2D eigenvalue weighted by Crippen LogP contribution is 2.29. The van der Waals surface area contributed by atoms with E-state index >= 15 is 0 Å². The molecule has 0 saturated carbocycles. The van der Waals surface area contributed by atoms with Crippen molar-refractivity contribution in [1.29, 1.82) is 5.26 Å². The molecule has 0 amide bonds. The van der Waals surface area contributed by atoms with Crippen LogP contribution in [-0.2, 0) is 14.3 Å². The third kappa shape index (κ3) is 3.45. The van der Waals surface area contributed by atoms with Crippen molar-refractivity contribution < 1.29 is 19.0 Å². The lowest BCUT2D eigenvalue weighted by atomic mass is 10.2. The Bertz CT molecular complexity index is 470. The Morgan fingerprint density at radius 2 is 2.22 bits per heavy atom. The minimum atomic E-state index is -0.911. The van der Waals surface area contributed by atoms with Crippen LogP contribution in [0.2, 0.25) is 0 Å². The smallest absolute Gasteiger partial charge is 0.349 e. The molecule has 1 rings (SSSR count). The summed E-state index contributed by atoms with van der Waals surface area (Å²) in [6.45, 7) is 0.0406. The predicted molar refractivity (Wildman–Crippen MR) is 67.2 cm³/mol. The van der Waals surface area contributed by atoms with Gasteiger partial charge in [-0.3, -0.25) is 0 Å². The molecule has 96 valence electrons. The molecule has 1 aromatic rings. The average molecular weight is 314 g/mol. The van der Waals surface area contributed by atoms with Crippen molar-refractivity contribution >= 4 is 21.9 Å². The average Bonchev–Trinajstić information content (AvgIpc) is 2.39. The third-order valence-corrected chi connectivity index (χ3v) is 2.75. The number of esters is 1. The summed E-state index contributed by atoms with van der Waals surface area (Å²) >= 11 is 3.27. The van der Waals surface area contributed by atoms with E-state index in [9.17, 15) is 4.79 Å². The summed E-state index contributed by atoms with van der Waals surface area (Å²) in [5.74, 6) is -0.260. The summed E-state index contributed by atoms with van der Waals surface area (Å²) in [7, 11) is 2.71. The fourth-order valence-electron chi connectivity index (χ4n) is 1.29. The van der Waals surface area contributed by atoms with Crippen molar-refractivity contribution in [3.05, 3.63) is 28.2 Å². The molecule has 0 fully saturated rings. The second-order valence-corrected chi connectivity index (χ2v) is 4.17. The Hall–Kier alpha value is -1.58. The second-order valence-electron chi connectivity index (χ2n) is 3.31. The molecule has 1 atom stereocenters. The van der Waals surface area contributed by atoms with E-state index in [0.717, 1.165) is 0 Å². The Balaban J connectivity index is 3.00. The van der Waals surface area contributed by atoms with Gasteiger partial charge in [0, 0.05) is 7.11 Å². The van der Waals surface area contributed by atoms with Crippen molar-refractivity contribution in [3.63, 3.8) is 0 Å². The summed E-state index contributed by atoms with van der Waals surface area (Å²) in [4.78, 5) is 11.5. The van der Waals surface area contributed by atoms with E-state index < -0.39 is 12.1 Å². The zero-order chi connectivity index (χ0) is 13.5. The van der Waals surface area contributed by atoms with Crippen LogP contribution < -0.4 is 4.74 Å². The molecular weight excluding hydrogens is 302 g/mol. The number of carbonyl (C=O) groups is 1. The lowest BCUT2D eigenvalue weighted by Gasteiger charge is -2.17. The highest BCUT2D eigenvalue weighted by atomic mass is 79.9. The molecule has 0 N–H and O–H groups in total. The quantitative estimate of drug-likeness (QED) is 0.776. The van der Waals surface area contributed by atoms with Gasteiger partial charge in [0.2, 0.25) is 6.10 Å². The van der Waals surface area contributed by atoms with E-state index in [4.69, 9.17) is 14.7 Å². The first kappa shape index (κ1) is 14.5. The molecule has 0 spiro atoms. The molecule has 0 saturated heterocycles. The van der Waals surface area contributed by atoms with Crippen molar-refractivity contribution in [2.75, 3.05) is 20.8 Å². The van der Waals surface area contributed by atoms with Gasteiger partial charge < -0.3 is 14.2 Å². The zero-order valence-electron chi connectivity index (χ0n) is 9.97. The van der Waals surface area contributed by atoms with Crippen LogP contribution >= 0.6 is 15.9 Å². The van der Waals surface area contributed by atoms with Gasteiger partial charge in [0.05, 0.1) is 23.8 Å². The van der Waals surface area contributed by atoms with Gasteiger partial charge in [0.25, 0.3) is 0 Å². The minimum Gasteiger partial charge on any atom is -0.474 e. The van der Waals surface area contributed by atoms with E-state index in [1.807, 2.05) is 6.07 Å². The number of ether oxygens (including phenoxy) is 3. The Labute approximate surface area is 113 Å². The molecule has 0 aliphatic rings. The number of benzene rings is 1. The van der Waals surface area contributed by atoms with E-state index in [1.54, 1.807) is 18.2 Å². The number of hydrogen-bond acceptors (Lipinski definition) is 5. The predicted octanol–water partition coefficient (Wildman–Crippen LogP) is 1.89. The zero-order valence-corrected chi connectivity index (χ0v) is 11.6. The molecular formula is C12H12BrNO4. The van der Waals surface area contributed by atoms with Crippen LogP contribution in [0, 0.1) is 11.3 Å². The molecule has 0 aliphatic carbocycles. The van der Waals surface area contributed by atoms with Crippen LogP contribution in [0.5, 0.6) is 5.75 Å². The van der Waals surface area contributed by atoms with Crippen molar-refractivity contribution in [1.82, 2.24) is 0 Å². The molecule has 18 heavy (non-hydrogen) atoms. The second kappa shape index (κ2) is 6.99.